The fraction of sp³-hybridized carbons (Fsp3) is 0.538. The number of aryl methyl sites for hydroxylation is 2. The van der Waals surface area contributed by atoms with Gasteiger partial charge in [-0.2, -0.15) is 0 Å². The minimum absolute atomic E-state index is 0.388. The van der Waals surface area contributed by atoms with Gasteiger partial charge in [-0.1, -0.05) is 12.2 Å². The predicted molar refractivity (Wildman–Crippen MR) is 79.2 cm³/mol. The minimum atomic E-state index is 0.388. The molecule has 1 heterocycles. The van der Waals surface area contributed by atoms with Crippen molar-refractivity contribution in [2.75, 3.05) is 25.6 Å². The second-order valence-corrected chi connectivity index (χ2v) is 4.70. The Hall–Kier alpha value is -1.20. The molecular weight excluding hydrogens is 246 g/mol. The Labute approximate surface area is 114 Å². The molecule has 0 spiro atoms. The van der Waals surface area contributed by atoms with Crippen LogP contribution in [0.25, 0.3) is 0 Å². The van der Waals surface area contributed by atoms with Crippen molar-refractivity contribution >= 4 is 22.9 Å². The largest absolute Gasteiger partial charge is 0.389 e. The lowest BCUT2D eigenvalue weighted by Crippen LogP contribution is -2.17. The van der Waals surface area contributed by atoms with Crippen molar-refractivity contribution < 1.29 is 4.74 Å². The third-order valence-electron chi connectivity index (χ3n) is 2.67. The van der Waals surface area contributed by atoms with E-state index in [4.69, 9.17) is 22.7 Å². The number of ether oxygens (including phenoxy) is 1. The fourth-order valence-corrected chi connectivity index (χ4v) is 2.13. The Morgan fingerprint density at radius 3 is 2.78 bits per heavy atom. The van der Waals surface area contributed by atoms with Crippen LogP contribution in [-0.4, -0.2) is 30.2 Å². The van der Waals surface area contributed by atoms with Gasteiger partial charge in [-0.15, -0.1) is 0 Å². The molecule has 1 aromatic heterocycles. The van der Waals surface area contributed by atoms with E-state index in [1.54, 1.807) is 7.11 Å². The van der Waals surface area contributed by atoms with Crippen molar-refractivity contribution in [2.24, 2.45) is 5.73 Å². The molecular formula is C13H21N3OS. The molecule has 0 fully saturated rings. The van der Waals surface area contributed by atoms with Crippen LogP contribution in [0.5, 0.6) is 0 Å². The number of aromatic nitrogens is 1. The molecule has 0 unspecified atom stereocenters. The lowest BCUT2D eigenvalue weighted by molar-refractivity contribution is 0.194. The second kappa shape index (κ2) is 7.28. The normalized spacial score (nSPS) is 10.4. The molecule has 0 aromatic carbocycles. The van der Waals surface area contributed by atoms with Crippen LogP contribution in [0.1, 0.15) is 29.8 Å². The quantitative estimate of drug-likeness (QED) is 0.585. The van der Waals surface area contributed by atoms with Crippen molar-refractivity contribution in [1.82, 2.24) is 4.98 Å². The topological polar surface area (TPSA) is 60.2 Å². The summed E-state index contributed by atoms with van der Waals surface area (Å²) in [6, 6.07) is 1.98. The Morgan fingerprint density at radius 1 is 1.44 bits per heavy atom. The van der Waals surface area contributed by atoms with Gasteiger partial charge in [-0.25, -0.2) is 0 Å². The summed E-state index contributed by atoms with van der Waals surface area (Å²) in [5.74, 6) is 0. The zero-order valence-electron chi connectivity index (χ0n) is 11.2. The first kappa shape index (κ1) is 14.9. The Balaban J connectivity index is 2.71. The van der Waals surface area contributed by atoms with E-state index in [9.17, 15) is 0 Å². The maximum absolute atomic E-state index is 5.75. The number of rotatable bonds is 7. The van der Waals surface area contributed by atoms with Gasteiger partial charge in [0, 0.05) is 37.3 Å². The van der Waals surface area contributed by atoms with Gasteiger partial charge in [0.1, 0.15) is 4.99 Å². The van der Waals surface area contributed by atoms with E-state index in [2.05, 4.69) is 10.3 Å². The maximum atomic E-state index is 5.75. The van der Waals surface area contributed by atoms with E-state index >= 15 is 0 Å². The molecule has 0 aliphatic carbocycles. The molecule has 0 aliphatic rings. The van der Waals surface area contributed by atoms with E-state index in [1.807, 2.05) is 19.9 Å². The SMILES string of the molecule is COCCCCNc1cc(C)nc(C)c1C(N)=S. The monoisotopic (exact) mass is 267 g/mol. The van der Waals surface area contributed by atoms with Gasteiger partial charge in [0.25, 0.3) is 0 Å². The Morgan fingerprint density at radius 2 is 2.17 bits per heavy atom. The van der Waals surface area contributed by atoms with Crippen molar-refractivity contribution in [3.05, 3.63) is 23.0 Å². The number of methoxy groups -OCH3 is 1. The van der Waals surface area contributed by atoms with Crippen molar-refractivity contribution in [2.45, 2.75) is 26.7 Å². The van der Waals surface area contributed by atoms with Crippen LogP contribution < -0.4 is 11.1 Å². The molecule has 5 heteroatoms. The van der Waals surface area contributed by atoms with Gasteiger partial charge in [0.05, 0.1) is 5.56 Å². The van der Waals surface area contributed by atoms with Crippen LogP contribution in [0.2, 0.25) is 0 Å². The lowest BCUT2D eigenvalue weighted by atomic mass is 10.1. The maximum Gasteiger partial charge on any atom is 0.107 e. The molecule has 0 aliphatic heterocycles. The van der Waals surface area contributed by atoms with E-state index < -0.39 is 0 Å². The van der Waals surface area contributed by atoms with Gasteiger partial charge in [-0.05, 0) is 32.8 Å². The first-order valence-electron chi connectivity index (χ1n) is 6.07. The lowest BCUT2D eigenvalue weighted by Gasteiger charge is -2.14. The molecule has 0 saturated carbocycles. The first-order chi connectivity index (χ1) is 8.56. The molecule has 1 aromatic rings. The molecule has 0 amide bonds. The van der Waals surface area contributed by atoms with E-state index in [0.717, 1.165) is 48.6 Å². The first-order valence-corrected chi connectivity index (χ1v) is 6.48. The number of nitrogens with zero attached hydrogens (tertiary/aromatic N) is 1. The van der Waals surface area contributed by atoms with Crippen molar-refractivity contribution in [3.63, 3.8) is 0 Å². The van der Waals surface area contributed by atoms with Crippen LogP contribution >= 0.6 is 12.2 Å². The molecule has 18 heavy (non-hydrogen) atoms. The summed E-state index contributed by atoms with van der Waals surface area (Å²) < 4.78 is 5.02. The van der Waals surface area contributed by atoms with E-state index in [-0.39, 0.29) is 0 Å². The molecule has 4 nitrogen and oxygen atoms in total. The number of nitrogens with two attached hydrogens (primary N) is 1. The van der Waals surface area contributed by atoms with Crippen LogP contribution in [0.15, 0.2) is 6.07 Å². The molecule has 1 rings (SSSR count). The molecule has 0 atom stereocenters. The third kappa shape index (κ3) is 4.23. The molecule has 0 saturated heterocycles. The van der Waals surface area contributed by atoms with E-state index in [0.29, 0.717) is 4.99 Å². The van der Waals surface area contributed by atoms with Gasteiger partial charge in [0.2, 0.25) is 0 Å². The highest BCUT2D eigenvalue weighted by molar-refractivity contribution is 7.80. The number of thiocarbonyl (C=S) groups is 1. The third-order valence-corrected chi connectivity index (χ3v) is 2.87. The highest BCUT2D eigenvalue weighted by Gasteiger charge is 2.10. The number of anilines is 1. The summed E-state index contributed by atoms with van der Waals surface area (Å²) in [5.41, 5.74) is 9.42. The van der Waals surface area contributed by atoms with Crippen molar-refractivity contribution in [3.8, 4) is 0 Å². The highest BCUT2D eigenvalue weighted by Crippen LogP contribution is 2.19. The van der Waals surface area contributed by atoms with Crippen LogP contribution in [-0.2, 0) is 4.74 Å². The van der Waals surface area contributed by atoms with Crippen molar-refractivity contribution in [1.29, 1.82) is 0 Å². The molecule has 0 radical (unpaired) electrons. The summed E-state index contributed by atoms with van der Waals surface area (Å²) in [5, 5.41) is 3.37. The summed E-state index contributed by atoms with van der Waals surface area (Å²) in [6.07, 6.45) is 2.08. The highest BCUT2D eigenvalue weighted by atomic mass is 32.1. The smallest absolute Gasteiger partial charge is 0.107 e. The zero-order valence-corrected chi connectivity index (χ0v) is 12.1. The fourth-order valence-electron chi connectivity index (χ4n) is 1.87. The summed E-state index contributed by atoms with van der Waals surface area (Å²) in [7, 11) is 1.72. The number of hydrogen-bond acceptors (Lipinski definition) is 4. The Kier molecular flexibility index (Phi) is 6.01. The molecule has 3 N–H and O–H groups in total. The predicted octanol–water partition coefficient (Wildman–Crippen LogP) is 2.17. The van der Waals surface area contributed by atoms with Crippen LogP contribution in [0, 0.1) is 13.8 Å². The standard InChI is InChI=1S/C13H21N3OS/c1-9-8-11(15-6-4-5-7-17-3)12(13(14)18)10(2)16-9/h8H,4-7H2,1-3H3,(H2,14,18)(H,15,16). The van der Waals surface area contributed by atoms with Gasteiger partial charge in [-0.3, -0.25) is 4.98 Å². The average molecular weight is 267 g/mol. The molecule has 100 valence electrons. The number of unbranched alkanes of at least 4 members (excludes halogenated alkanes) is 1. The molecule has 0 bridgehead atoms. The summed E-state index contributed by atoms with van der Waals surface area (Å²) in [6.45, 7) is 5.56. The zero-order chi connectivity index (χ0) is 13.5. The minimum Gasteiger partial charge on any atom is -0.389 e. The summed E-state index contributed by atoms with van der Waals surface area (Å²) >= 11 is 5.08. The number of pyridine rings is 1. The van der Waals surface area contributed by atoms with Gasteiger partial charge in [0.15, 0.2) is 0 Å². The number of hydrogen-bond donors (Lipinski definition) is 2. The number of nitrogens with one attached hydrogen (secondary N) is 1. The van der Waals surface area contributed by atoms with E-state index in [1.165, 1.54) is 0 Å². The van der Waals surface area contributed by atoms with Gasteiger partial charge >= 0.3 is 0 Å². The van der Waals surface area contributed by atoms with Crippen LogP contribution in [0.4, 0.5) is 5.69 Å². The summed E-state index contributed by atoms with van der Waals surface area (Å²) in [4.78, 5) is 4.77. The van der Waals surface area contributed by atoms with Gasteiger partial charge < -0.3 is 15.8 Å². The Bertz CT molecular complexity index is 421. The second-order valence-electron chi connectivity index (χ2n) is 4.26. The van der Waals surface area contributed by atoms with Crippen LogP contribution in [0.3, 0.4) is 0 Å². The average Bonchev–Trinajstić information content (AvgIpc) is 2.27.